The largest absolute Gasteiger partial charge is 0.493 e. The van der Waals surface area contributed by atoms with E-state index in [9.17, 15) is 33.9 Å². The molecule has 38 heavy (non-hydrogen) atoms. The van der Waals surface area contributed by atoms with Crippen LogP contribution in [0.1, 0.15) is 5.56 Å². The molecule has 0 unspecified atom stereocenters. The zero-order valence-corrected chi connectivity index (χ0v) is 19.2. The predicted molar refractivity (Wildman–Crippen MR) is 132 cm³/mol. The number of nitrogens with zero attached hydrogens (tertiary/aromatic N) is 4. The highest BCUT2D eigenvalue weighted by Gasteiger charge is 2.37. The van der Waals surface area contributed by atoms with E-state index < -0.39 is 52.0 Å². The summed E-state index contributed by atoms with van der Waals surface area (Å²) in [5, 5.41) is 12.6. The number of aromatic hydroxyl groups is 1. The number of imide groups is 2. The van der Waals surface area contributed by atoms with Crippen molar-refractivity contribution >= 4 is 35.6 Å². The third-order valence-corrected chi connectivity index (χ3v) is 5.12. The number of aromatic amines is 1. The van der Waals surface area contributed by atoms with Crippen molar-refractivity contribution in [2.75, 3.05) is 4.90 Å². The first kappa shape index (κ1) is 25.2. The molecule has 5 amide bonds. The third-order valence-electron chi connectivity index (χ3n) is 5.12. The minimum atomic E-state index is -1.02. The number of anilines is 1. The number of carbonyl (C=O) groups is 4. The quantitative estimate of drug-likeness (QED) is 0.192. The maximum Gasteiger partial charge on any atom is 0.337 e. The second-order valence-corrected chi connectivity index (χ2v) is 7.51. The van der Waals surface area contributed by atoms with Crippen LogP contribution in [0, 0.1) is 0 Å². The van der Waals surface area contributed by atoms with Crippen LogP contribution in [0.15, 0.2) is 87.8 Å². The van der Waals surface area contributed by atoms with Crippen LogP contribution in [0.3, 0.4) is 0 Å². The number of nitrogens with one attached hydrogen (secondary N) is 2. The summed E-state index contributed by atoms with van der Waals surface area (Å²) in [7, 11) is 0. The molecule has 0 saturated carbocycles. The van der Waals surface area contributed by atoms with Gasteiger partial charge in [-0.3, -0.25) is 29.5 Å². The second kappa shape index (κ2) is 10.4. The minimum absolute atomic E-state index is 0.0186. The summed E-state index contributed by atoms with van der Waals surface area (Å²) in [4.78, 5) is 84.5. The standard InChI is InChI=1S/C24H17N7O7/c25-18(32)13(7-9-14-19(33)28-23(37)30(21(14)35)16-5-1-3-11-26-16)8-10-15-20(34)29-24(38)31(22(15)36)17-6-2-4-12-27-17/h1-12,35H,(H2,25,32)(H,28,33,37)(H,29,34,38)/b9-7+,13-8-,15-10+. The number of barbiturate groups is 1. The van der Waals surface area contributed by atoms with E-state index in [0.717, 1.165) is 28.9 Å². The summed E-state index contributed by atoms with van der Waals surface area (Å²) in [5.74, 6) is -3.82. The summed E-state index contributed by atoms with van der Waals surface area (Å²) in [6.45, 7) is 0. The van der Waals surface area contributed by atoms with E-state index >= 15 is 0 Å². The van der Waals surface area contributed by atoms with Gasteiger partial charge in [0, 0.05) is 18.0 Å². The number of hydrogen-bond donors (Lipinski definition) is 4. The number of rotatable bonds is 6. The number of amides is 5. The van der Waals surface area contributed by atoms with Crippen LogP contribution >= 0.6 is 0 Å². The topological polar surface area (TPSA) is 210 Å². The Balaban J connectivity index is 1.72. The number of urea groups is 1. The zero-order chi connectivity index (χ0) is 27.4. The normalized spacial score (nSPS) is 15.3. The van der Waals surface area contributed by atoms with Crippen molar-refractivity contribution in [3.8, 4) is 11.7 Å². The molecule has 1 aliphatic rings. The monoisotopic (exact) mass is 515 g/mol. The van der Waals surface area contributed by atoms with Crippen molar-refractivity contribution in [2.24, 2.45) is 5.73 Å². The van der Waals surface area contributed by atoms with Gasteiger partial charge in [0.15, 0.2) is 0 Å². The molecule has 0 bridgehead atoms. The molecule has 1 fully saturated rings. The van der Waals surface area contributed by atoms with E-state index in [0.29, 0.717) is 4.90 Å². The van der Waals surface area contributed by atoms with Crippen molar-refractivity contribution in [2.45, 2.75) is 0 Å². The summed E-state index contributed by atoms with van der Waals surface area (Å²) in [6, 6.07) is 8.03. The van der Waals surface area contributed by atoms with Crippen LogP contribution in [0.5, 0.6) is 5.88 Å². The Hall–Kier alpha value is -5.92. The Morgan fingerprint density at radius 1 is 0.974 bits per heavy atom. The van der Waals surface area contributed by atoms with Crippen molar-refractivity contribution in [1.29, 1.82) is 0 Å². The minimum Gasteiger partial charge on any atom is -0.493 e. The molecule has 14 heteroatoms. The average Bonchev–Trinajstić information content (AvgIpc) is 2.87. The number of allylic oxidation sites excluding steroid dienone is 2. The molecule has 0 aliphatic carbocycles. The molecule has 0 aromatic carbocycles. The molecule has 4 heterocycles. The number of hydrogen-bond acceptors (Lipinski definition) is 9. The van der Waals surface area contributed by atoms with Crippen LogP contribution in [0.25, 0.3) is 11.9 Å². The fourth-order valence-electron chi connectivity index (χ4n) is 3.32. The second-order valence-electron chi connectivity index (χ2n) is 7.51. The SMILES string of the molecule is NC(=O)C(=C\C=C1/C(=O)NC(=O)N(c2ccccn2)C1=O)/C=C/c1c(O)n(-c2ccccn2)c(=O)[nH]c1=O. The van der Waals surface area contributed by atoms with Gasteiger partial charge in [0.2, 0.25) is 11.8 Å². The summed E-state index contributed by atoms with van der Waals surface area (Å²) >= 11 is 0. The maximum atomic E-state index is 12.9. The van der Waals surface area contributed by atoms with Crippen molar-refractivity contribution in [3.63, 3.8) is 0 Å². The van der Waals surface area contributed by atoms with E-state index in [1.807, 2.05) is 10.3 Å². The van der Waals surface area contributed by atoms with E-state index in [2.05, 4.69) is 9.97 Å². The first-order valence-corrected chi connectivity index (χ1v) is 10.7. The molecule has 0 spiro atoms. The average molecular weight is 515 g/mol. The zero-order valence-electron chi connectivity index (χ0n) is 19.2. The van der Waals surface area contributed by atoms with Gasteiger partial charge in [-0.2, -0.15) is 0 Å². The van der Waals surface area contributed by atoms with Gasteiger partial charge in [-0.25, -0.2) is 29.0 Å². The van der Waals surface area contributed by atoms with Crippen molar-refractivity contribution in [1.82, 2.24) is 24.8 Å². The molecule has 14 nitrogen and oxygen atoms in total. The number of H-pyrrole nitrogens is 1. The van der Waals surface area contributed by atoms with Gasteiger partial charge in [-0.15, -0.1) is 0 Å². The van der Waals surface area contributed by atoms with Crippen LogP contribution in [0.2, 0.25) is 0 Å². The third kappa shape index (κ3) is 4.90. The molecule has 190 valence electrons. The van der Waals surface area contributed by atoms with Crippen LogP contribution in [-0.2, 0) is 14.4 Å². The van der Waals surface area contributed by atoms with Gasteiger partial charge in [0.05, 0.1) is 0 Å². The lowest BCUT2D eigenvalue weighted by Crippen LogP contribution is -2.54. The van der Waals surface area contributed by atoms with Crippen LogP contribution in [0.4, 0.5) is 10.6 Å². The number of nitrogens with two attached hydrogens (primary N) is 1. The van der Waals surface area contributed by atoms with Gasteiger partial charge in [-0.1, -0.05) is 12.1 Å². The lowest BCUT2D eigenvalue weighted by molar-refractivity contribution is -0.122. The highest BCUT2D eigenvalue weighted by Crippen LogP contribution is 2.19. The number of pyridine rings is 2. The molecule has 1 aliphatic heterocycles. The molecular weight excluding hydrogens is 498 g/mol. The van der Waals surface area contributed by atoms with E-state index in [-0.39, 0.29) is 17.2 Å². The summed E-state index contributed by atoms with van der Waals surface area (Å²) < 4.78 is 0.741. The van der Waals surface area contributed by atoms with Gasteiger partial charge >= 0.3 is 11.7 Å². The molecule has 3 aromatic heterocycles. The summed E-state index contributed by atoms with van der Waals surface area (Å²) in [5.41, 5.74) is 2.25. The van der Waals surface area contributed by atoms with E-state index in [1.54, 1.807) is 18.2 Å². The van der Waals surface area contributed by atoms with Crippen molar-refractivity contribution < 1.29 is 24.3 Å². The highest BCUT2D eigenvalue weighted by atomic mass is 16.3. The van der Waals surface area contributed by atoms with Gasteiger partial charge in [-0.05, 0) is 48.6 Å². The highest BCUT2D eigenvalue weighted by molar-refractivity contribution is 6.37. The Labute approximate surface area is 212 Å². The molecule has 0 radical (unpaired) electrons. The Morgan fingerprint density at radius 3 is 2.24 bits per heavy atom. The van der Waals surface area contributed by atoms with E-state index in [1.165, 1.54) is 30.6 Å². The van der Waals surface area contributed by atoms with Crippen molar-refractivity contribution in [3.05, 3.63) is 105 Å². The lowest BCUT2D eigenvalue weighted by atomic mass is 10.1. The number of aromatic nitrogens is 4. The van der Waals surface area contributed by atoms with Crippen LogP contribution in [-0.4, -0.2) is 48.4 Å². The van der Waals surface area contributed by atoms with Crippen LogP contribution < -0.4 is 27.2 Å². The fourth-order valence-corrected chi connectivity index (χ4v) is 3.32. The maximum absolute atomic E-state index is 12.9. The smallest absolute Gasteiger partial charge is 0.337 e. The molecule has 4 rings (SSSR count). The van der Waals surface area contributed by atoms with Gasteiger partial charge < -0.3 is 10.8 Å². The first-order chi connectivity index (χ1) is 18.2. The Kier molecular flexibility index (Phi) is 6.87. The number of primary amides is 1. The van der Waals surface area contributed by atoms with E-state index in [4.69, 9.17) is 5.73 Å². The molecule has 3 aromatic rings. The Morgan fingerprint density at radius 2 is 1.63 bits per heavy atom. The predicted octanol–water partition coefficient (Wildman–Crippen LogP) is -0.344. The molecule has 0 atom stereocenters. The molecule has 5 N–H and O–H groups in total. The molecule has 1 saturated heterocycles. The fraction of sp³-hybridized carbons (Fsp3) is 0. The van der Waals surface area contributed by atoms with Gasteiger partial charge in [0.25, 0.3) is 17.4 Å². The summed E-state index contributed by atoms with van der Waals surface area (Å²) in [6.07, 6.45) is 6.73. The lowest BCUT2D eigenvalue weighted by Gasteiger charge is -2.25. The first-order valence-electron chi connectivity index (χ1n) is 10.7. The van der Waals surface area contributed by atoms with Gasteiger partial charge in [0.1, 0.15) is 22.8 Å². The number of carbonyl (C=O) groups excluding carboxylic acids is 4. The molecular formula is C24H17N7O7. The Bertz CT molecular complexity index is 1670.